The van der Waals surface area contributed by atoms with Crippen LogP contribution in [0, 0.1) is 5.92 Å². The van der Waals surface area contributed by atoms with E-state index < -0.39 is 29.8 Å². The Labute approximate surface area is 311 Å². The van der Waals surface area contributed by atoms with Crippen molar-refractivity contribution >= 4 is 35.4 Å². The van der Waals surface area contributed by atoms with E-state index in [9.17, 15) is 24.0 Å². The second-order valence-corrected chi connectivity index (χ2v) is 14.9. The predicted molar refractivity (Wildman–Crippen MR) is 201 cm³/mol. The highest BCUT2D eigenvalue weighted by Crippen LogP contribution is 2.29. The van der Waals surface area contributed by atoms with Crippen molar-refractivity contribution in [1.29, 1.82) is 0 Å². The molecule has 2 aromatic carbocycles. The standard InChI is InChI=1S/C40H53N7O6/c1-6-34(48)43-31(38(51)46-23-24-47(39(52)53-40(2,3)4)33(26-46)28-13-9-7-10-14-28)25-27-17-19-30(20-18-27)42-37(50)35(29-15-11-8-12-16-29)44-36(49)32-21-22-41-45(32)5/h7,9-10,13-14,17-22,29,31,33,35H,6,8,11-12,15-16,23-26H2,1-5H3,(H,42,50)(H,43,48)(H,44,49). The van der Waals surface area contributed by atoms with E-state index in [0.717, 1.165) is 43.2 Å². The number of anilines is 1. The Morgan fingerprint density at radius 1 is 0.906 bits per heavy atom. The van der Waals surface area contributed by atoms with Gasteiger partial charge in [0.1, 0.15) is 23.4 Å². The molecule has 3 atom stereocenters. The molecule has 13 nitrogen and oxygen atoms in total. The summed E-state index contributed by atoms with van der Waals surface area (Å²) in [7, 11) is 1.69. The number of benzene rings is 2. The quantitative estimate of drug-likeness (QED) is 0.251. The number of ether oxygens (including phenoxy) is 1. The van der Waals surface area contributed by atoms with Gasteiger partial charge in [-0.15, -0.1) is 0 Å². The van der Waals surface area contributed by atoms with Crippen LogP contribution in [-0.2, 0) is 32.6 Å². The third-order valence-corrected chi connectivity index (χ3v) is 9.86. The Balaban J connectivity index is 1.28. The second kappa shape index (κ2) is 17.5. The zero-order valence-electron chi connectivity index (χ0n) is 31.5. The fraction of sp³-hybridized carbons (Fsp3) is 0.500. The minimum absolute atomic E-state index is 0.0154. The van der Waals surface area contributed by atoms with Crippen LogP contribution in [0.5, 0.6) is 0 Å². The minimum Gasteiger partial charge on any atom is -0.444 e. The lowest BCUT2D eigenvalue weighted by atomic mass is 9.83. The molecule has 0 bridgehead atoms. The minimum atomic E-state index is -0.842. The molecule has 2 fully saturated rings. The Kier molecular flexibility index (Phi) is 12.9. The Morgan fingerprint density at radius 2 is 1.60 bits per heavy atom. The molecule has 5 rings (SSSR count). The first-order valence-electron chi connectivity index (χ1n) is 18.6. The van der Waals surface area contributed by atoms with Crippen molar-refractivity contribution in [3.05, 3.63) is 83.7 Å². The molecule has 284 valence electrons. The van der Waals surface area contributed by atoms with Crippen LogP contribution < -0.4 is 16.0 Å². The Hall–Kier alpha value is -5.20. The number of aryl methyl sites for hydroxylation is 1. The van der Waals surface area contributed by atoms with Gasteiger partial charge in [-0.2, -0.15) is 5.10 Å². The van der Waals surface area contributed by atoms with Crippen molar-refractivity contribution < 1.29 is 28.7 Å². The molecule has 53 heavy (non-hydrogen) atoms. The summed E-state index contributed by atoms with van der Waals surface area (Å²) in [5.74, 6) is -1.12. The molecular formula is C40H53N7O6. The Bertz CT molecular complexity index is 1730. The van der Waals surface area contributed by atoms with Gasteiger partial charge < -0.3 is 25.6 Å². The molecule has 13 heteroatoms. The maximum Gasteiger partial charge on any atom is 0.410 e. The molecule has 3 aromatic rings. The van der Waals surface area contributed by atoms with E-state index in [1.807, 2.05) is 63.2 Å². The summed E-state index contributed by atoms with van der Waals surface area (Å²) in [6.45, 7) is 8.00. The van der Waals surface area contributed by atoms with E-state index in [1.165, 1.54) is 4.68 Å². The molecule has 1 saturated heterocycles. The molecule has 0 spiro atoms. The zero-order valence-corrected chi connectivity index (χ0v) is 31.5. The van der Waals surface area contributed by atoms with Gasteiger partial charge in [0.25, 0.3) is 5.91 Å². The average Bonchev–Trinajstić information content (AvgIpc) is 3.59. The lowest BCUT2D eigenvalue weighted by Gasteiger charge is -2.42. The van der Waals surface area contributed by atoms with E-state index >= 15 is 0 Å². The number of nitrogens with one attached hydrogen (secondary N) is 3. The Morgan fingerprint density at radius 3 is 2.23 bits per heavy atom. The zero-order chi connectivity index (χ0) is 38.1. The maximum absolute atomic E-state index is 14.1. The van der Waals surface area contributed by atoms with Crippen LogP contribution in [0.25, 0.3) is 0 Å². The summed E-state index contributed by atoms with van der Waals surface area (Å²) in [6, 6.07) is 16.4. The van der Waals surface area contributed by atoms with Crippen molar-refractivity contribution in [3.8, 4) is 0 Å². The molecule has 0 radical (unpaired) electrons. The molecule has 1 saturated carbocycles. The van der Waals surface area contributed by atoms with Crippen LogP contribution in [0.2, 0.25) is 0 Å². The van der Waals surface area contributed by atoms with Gasteiger partial charge >= 0.3 is 6.09 Å². The summed E-state index contributed by atoms with van der Waals surface area (Å²) in [4.78, 5) is 70.2. The van der Waals surface area contributed by atoms with Crippen molar-refractivity contribution in [2.24, 2.45) is 13.0 Å². The van der Waals surface area contributed by atoms with Gasteiger partial charge in [-0.05, 0) is 68.9 Å². The molecule has 1 aromatic heterocycles. The summed E-state index contributed by atoms with van der Waals surface area (Å²) < 4.78 is 7.19. The fourth-order valence-electron chi connectivity index (χ4n) is 7.06. The van der Waals surface area contributed by atoms with Crippen molar-refractivity contribution in [2.45, 2.75) is 96.4 Å². The summed E-state index contributed by atoms with van der Waals surface area (Å²) in [5.41, 5.74) is 1.93. The van der Waals surface area contributed by atoms with E-state index in [0.29, 0.717) is 11.4 Å². The average molecular weight is 728 g/mol. The molecule has 5 amide bonds. The largest absolute Gasteiger partial charge is 0.444 e. The number of piperazine rings is 1. The summed E-state index contributed by atoms with van der Waals surface area (Å²) in [5, 5.41) is 12.9. The number of rotatable bonds is 11. The third-order valence-electron chi connectivity index (χ3n) is 9.86. The number of nitrogens with zero attached hydrogens (tertiary/aromatic N) is 4. The number of carbonyl (C=O) groups is 5. The van der Waals surface area contributed by atoms with Crippen molar-refractivity contribution in [1.82, 2.24) is 30.2 Å². The first kappa shape index (κ1) is 39.0. The topological polar surface area (TPSA) is 155 Å². The van der Waals surface area contributed by atoms with Crippen molar-refractivity contribution in [2.75, 3.05) is 25.0 Å². The molecule has 3 unspecified atom stereocenters. The summed E-state index contributed by atoms with van der Waals surface area (Å²) >= 11 is 0. The van der Waals surface area contributed by atoms with E-state index in [4.69, 9.17) is 4.74 Å². The normalized spacial score (nSPS) is 17.7. The number of carbonyl (C=O) groups excluding carboxylic acids is 5. The van der Waals surface area contributed by atoms with Crippen LogP contribution >= 0.6 is 0 Å². The monoisotopic (exact) mass is 727 g/mol. The van der Waals surface area contributed by atoms with Gasteiger partial charge in [-0.1, -0.05) is 68.7 Å². The first-order valence-corrected chi connectivity index (χ1v) is 18.6. The molecular weight excluding hydrogens is 674 g/mol. The van der Waals surface area contributed by atoms with Crippen LogP contribution in [-0.4, -0.2) is 86.6 Å². The molecule has 1 aliphatic heterocycles. The van der Waals surface area contributed by atoms with Gasteiger partial charge in [-0.25, -0.2) is 4.79 Å². The lowest BCUT2D eigenvalue weighted by Crippen LogP contribution is -2.57. The second-order valence-electron chi connectivity index (χ2n) is 14.9. The smallest absolute Gasteiger partial charge is 0.410 e. The number of hydrogen-bond donors (Lipinski definition) is 3. The van der Waals surface area contributed by atoms with Crippen LogP contribution in [0.15, 0.2) is 66.9 Å². The molecule has 3 N–H and O–H groups in total. The molecule has 1 aliphatic carbocycles. The molecule has 2 heterocycles. The number of amides is 5. The van der Waals surface area contributed by atoms with Gasteiger partial charge in [0.15, 0.2) is 0 Å². The van der Waals surface area contributed by atoms with Gasteiger partial charge in [0.05, 0.1) is 6.04 Å². The van der Waals surface area contributed by atoms with Crippen LogP contribution in [0.4, 0.5) is 10.5 Å². The maximum atomic E-state index is 14.1. The first-order chi connectivity index (χ1) is 25.3. The third kappa shape index (κ3) is 10.5. The highest BCUT2D eigenvalue weighted by atomic mass is 16.6. The fourth-order valence-corrected chi connectivity index (χ4v) is 7.06. The van der Waals surface area contributed by atoms with Crippen LogP contribution in [0.3, 0.4) is 0 Å². The highest BCUT2D eigenvalue weighted by Gasteiger charge is 2.38. The molecule has 2 aliphatic rings. The van der Waals surface area contributed by atoms with Crippen molar-refractivity contribution in [3.63, 3.8) is 0 Å². The number of aromatic nitrogens is 2. The lowest BCUT2D eigenvalue weighted by molar-refractivity contribution is -0.139. The SMILES string of the molecule is CCC(=O)NC(Cc1ccc(NC(=O)C(NC(=O)c2ccnn2C)C2CCCCC2)cc1)C(=O)N1CCN(C(=O)OC(C)(C)C)C(c2ccccc2)C1. The predicted octanol–water partition coefficient (Wildman–Crippen LogP) is 5.00. The van der Waals surface area contributed by atoms with Crippen LogP contribution in [0.1, 0.15) is 93.9 Å². The van der Waals surface area contributed by atoms with E-state index in [2.05, 4.69) is 21.0 Å². The number of hydrogen-bond acceptors (Lipinski definition) is 7. The summed E-state index contributed by atoms with van der Waals surface area (Å²) in [6.07, 6.45) is 6.37. The van der Waals surface area contributed by atoms with Gasteiger partial charge in [-0.3, -0.25) is 28.8 Å². The highest BCUT2D eigenvalue weighted by molar-refractivity contribution is 6.00. The van der Waals surface area contributed by atoms with Gasteiger partial charge in [0, 0.05) is 51.4 Å². The van der Waals surface area contributed by atoms with Gasteiger partial charge in [0.2, 0.25) is 17.7 Å². The van der Waals surface area contributed by atoms with E-state index in [-0.39, 0.29) is 62.0 Å². The van der Waals surface area contributed by atoms with E-state index in [1.54, 1.807) is 48.2 Å².